The topological polar surface area (TPSA) is 88.8 Å². The predicted octanol–water partition coefficient (Wildman–Crippen LogP) is 4.15. The molecule has 2 heterocycles. The van der Waals surface area contributed by atoms with Crippen LogP contribution in [0, 0.1) is 17.0 Å². The van der Waals surface area contributed by atoms with E-state index in [1.807, 2.05) is 25.1 Å². The summed E-state index contributed by atoms with van der Waals surface area (Å²) in [7, 11) is 0. The molecule has 0 unspecified atom stereocenters. The van der Waals surface area contributed by atoms with E-state index in [0.29, 0.717) is 31.4 Å². The number of morpholine rings is 1. The first kappa shape index (κ1) is 21.6. The van der Waals surface area contributed by atoms with E-state index in [0.717, 1.165) is 28.9 Å². The van der Waals surface area contributed by atoms with E-state index >= 15 is 0 Å². The van der Waals surface area contributed by atoms with Crippen molar-refractivity contribution in [2.24, 2.45) is 0 Å². The highest BCUT2D eigenvalue weighted by atomic mass is 35.5. The van der Waals surface area contributed by atoms with Crippen molar-refractivity contribution in [3.05, 3.63) is 62.7 Å². The van der Waals surface area contributed by atoms with Crippen LogP contribution in [-0.4, -0.2) is 60.1 Å². The normalized spacial score (nSPS) is 14.6. The van der Waals surface area contributed by atoms with Crippen LogP contribution in [0.1, 0.15) is 15.9 Å². The van der Waals surface area contributed by atoms with Crippen LogP contribution in [0.25, 0.3) is 10.2 Å². The number of benzene rings is 2. The van der Waals surface area contributed by atoms with Crippen molar-refractivity contribution in [2.45, 2.75) is 6.92 Å². The molecule has 0 spiro atoms. The number of non-ortho nitro benzene ring substituents is 1. The largest absolute Gasteiger partial charge is 0.379 e. The van der Waals surface area contributed by atoms with Crippen LogP contribution in [0.2, 0.25) is 5.02 Å². The molecular weight excluding hydrogens is 440 g/mol. The molecule has 1 aliphatic rings. The van der Waals surface area contributed by atoms with E-state index in [-0.39, 0.29) is 16.3 Å². The number of nitro benzene ring substituents is 1. The Morgan fingerprint density at radius 2 is 2.10 bits per heavy atom. The Labute approximate surface area is 188 Å². The Morgan fingerprint density at radius 1 is 1.32 bits per heavy atom. The molecule has 4 rings (SSSR count). The van der Waals surface area contributed by atoms with Crippen molar-refractivity contribution in [3.63, 3.8) is 0 Å². The first-order valence-electron chi connectivity index (χ1n) is 9.86. The van der Waals surface area contributed by atoms with Crippen LogP contribution in [0.15, 0.2) is 36.4 Å². The maximum Gasteiger partial charge on any atom is 0.270 e. The number of aryl methyl sites for hydroxylation is 1. The average Bonchev–Trinajstić information content (AvgIpc) is 3.20. The quantitative estimate of drug-likeness (QED) is 0.405. The highest BCUT2D eigenvalue weighted by molar-refractivity contribution is 7.22. The Bertz CT molecular complexity index is 1130. The van der Waals surface area contributed by atoms with Gasteiger partial charge in [0.1, 0.15) is 0 Å². The Morgan fingerprint density at radius 3 is 2.81 bits per heavy atom. The van der Waals surface area contributed by atoms with Gasteiger partial charge in [-0.2, -0.15) is 0 Å². The van der Waals surface area contributed by atoms with Gasteiger partial charge in [0.15, 0.2) is 5.13 Å². The van der Waals surface area contributed by atoms with Gasteiger partial charge >= 0.3 is 0 Å². The summed E-state index contributed by atoms with van der Waals surface area (Å²) < 4.78 is 6.37. The number of anilines is 1. The van der Waals surface area contributed by atoms with Gasteiger partial charge in [-0.25, -0.2) is 4.98 Å². The van der Waals surface area contributed by atoms with Crippen molar-refractivity contribution in [3.8, 4) is 0 Å². The van der Waals surface area contributed by atoms with Crippen molar-refractivity contribution in [2.75, 3.05) is 44.3 Å². The standard InChI is InChI=1S/C21H21ClN4O4S/c1-14-3-2-4-18-19(14)23-21(31-18)25(8-7-24-9-11-30-12-10-24)20(27)16-13-15(26(28)29)5-6-17(16)22/h2-6,13H,7-12H2,1H3. The van der Waals surface area contributed by atoms with Crippen molar-refractivity contribution >= 4 is 49.9 Å². The molecule has 2 aromatic carbocycles. The fourth-order valence-electron chi connectivity index (χ4n) is 3.48. The lowest BCUT2D eigenvalue weighted by Gasteiger charge is -2.29. The number of hydrogen-bond acceptors (Lipinski definition) is 7. The molecule has 0 aliphatic carbocycles. The summed E-state index contributed by atoms with van der Waals surface area (Å²) in [6.45, 7) is 5.89. The zero-order chi connectivity index (χ0) is 22.0. The van der Waals surface area contributed by atoms with Gasteiger partial charge in [0, 0.05) is 38.3 Å². The molecule has 0 radical (unpaired) electrons. The summed E-state index contributed by atoms with van der Waals surface area (Å²) in [4.78, 5) is 32.7. The number of halogens is 1. The lowest BCUT2D eigenvalue weighted by molar-refractivity contribution is -0.384. The van der Waals surface area contributed by atoms with Crippen molar-refractivity contribution in [1.82, 2.24) is 9.88 Å². The zero-order valence-electron chi connectivity index (χ0n) is 16.9. The van der Waals surface area contributed by atoms with E-state index in [4.69, 9.17) is 21.3 Å². The summed E-state index contributed by atoms with van der Waals surface area (Å²) in [5, 5.41) is 11.9. The van der Waals surface area contributed by atoms with E-state index in [2.05, 4.69) is 4.90 Å². The van der Waals surface area contributed by atoms with Crippen LogP contribution in [-0.2, 0) is 4.74 Å². The van der Waals surface area contributed by atoms with E-state index < -0.39 is 10.8 Å². The molecule has 0 N–H and O–H groups in total. The Balaban J connectivity index is 1.70. The minimum atomic E-state index is -0.535. The van der Waals surface area contributed by atoms with Crippen LogP contribution in [0.5, 0.6) is 0 Å². The molecule has 0 saturated carbocycles. The molecule has 0 bridgehead atoms. The van der Waals surface area contributed by atoms with Crippen LogP contribution >= 0.6 is 22.9 Å². The molecular formula is C21H21ClN4O4S. The second-order valence-electron chi connectivity index (χ2n) is 7.25. The number of ether oxygens (including phenoxy) is 1. The molecule has 1 saturated heterocycles. The Kier molecular flexibility index (Phi) is 6.47. The number of rotatable bonds is 6. The van der Waals surface area contributed by atoms with Gasteiger partial charge in [0.25, 0.3) is 11.6 Å². The zero-order valence-corrected chi connectivity index (χ0v) is 18.5. The summed E-state index contributed by atoms with van der Waals surface area (Å²) in [5.41, 5.74) is 1.78. The van der Waals surface area contributed by atoms with Gasteiger partial charge in [-0.15, -0.1) is 0 Å². The Hall–Kier alpha value is -2.59. The number of hydrogen-bond donors (Lipinski definition) is 0. The maximum absolute atomic E-state index is 13.5. The monoisotopic (exact) mass is 460 g/mol. The molecule has 0 atom stereocenters. The fraction of sp³-hybridized carbons (Fsp3) is 0.333. The lowest BCUT2D eigenvalue weighted by Crippen LogP contribution is -2.43. The average molecular weight is 461 g/mol. The first-order chi connectivity index (χ1) is 14.9. The van der Waals surface area contributed by atoms with Gasteiger partial charge in [0.05, 0.1) is 38.9 Å². The highest BCUT2D eigenvalue weighted by Gasteiger charge is 2.26. The molecule has 3 aromatic rings. The minimum Gasteiger partial charge on any atom is -0.379 e. The molecule has 1 amide bonds. The van der Waals surface area contributed by atoms with Gasteiger partial charge in [-0.3, -0.25) is 24.7 Å². The van der Waals surface area contributed by atoms with Gasteiger partial charge < -0.3 is 4.74 Å². The molecule has 162 valence electrons. The number of nitro groups is 1. The number of para-hydroxylation sites is 1. The molecule has 8 nitrogen and oxygen atoms in total. The highest BCUT2D eigenvalue weighted by Crippen LogP contribution is 2.32. The van der Waals surface area contributed by atoms with E-state index in [1.165, 1.54) is 29.5 Å². The van der Waals surface area contributed by atoms with Crippen molar-refractivity contribution < 1.29 is 14.5 Å². The summed E-state index contributed by atoms with van der Waals surface area (Å²) in [5.74, 6) is -0.404. The third-order valence-electron chi connectivity index (χ3n) is 5.22. The summed E-state index contributed by atoms with van der Waals surface area (Å²) >= 11 is 7.69. The number of fused-ring (bicyclic) bond motifs is 1. The number of aromatic nitrogens is 1. The number of carbonyl (C=O) groups is 1. The third-order valence-corrected chi connectivity index (χ3v) is 6.59. The SMILES string of the molecule is Cc1cccc2sc(N(CCN3CCOCC3)C(=O)c3cc([N+](=O)[O-])ccc3Cl)nc12. The van der Waals surface area contributed by atoms with Crippen LogP contribution < -0.4 is 4.90 Å². The number of nitrogens with zero attached hydrogens (tertiary/aromatic N) is 4. The predicted molar refractivity (Wildman–Crippen MR) is 121 cm³/mol. The van der Waals surface area contributed by atoms with Crippen LogP contribution in [0.3, 0.4) is 0 Å². The maximum atomic E-state index is 13.5. The molecule has 1 aliphatic heterocycles. The van der Waals surface area contributed by atoms with E-state index in [1.54, 1.807) is 4.90 Å². The number of amides is 1. The molecule has 10 heteroatoms. The first-order valence-corrected chi connectivity index (χ1v) is 11.1. The minimum absolute atomic E-state index is 0.0915. The van der Waals surface area contributed by atoms with Gasteiger partial charge in [-0.1, -0.05) is 35.1 Å². The number of carbonyl (C=O) groups excluding carboxylic acids is 1. The third kappa shape index (κ3) is 4.69. The second kappa shape index (κ2) is 9.27. The summed E-state index contributed by atoms with van der Waals surface area (Å²) in [6, 6.07) is 9.80. The molecule has 31 heavy (non-hydrogen) atoms. The smallest absolute Gasteiger partial charge is 0.270 e. The molecule has 1 aromatic heterocycles. The number of thiazole rings is 1. The van der Waals surface area contributed by atoms with Crippen molar-refractivity contribution in [1.29, 1.82) is 0 Å². The lowest BCUT2D eigenvalue weighted by atomic mass is 10.1. The summed E-state index contributed by atoms with van der Waals surface area (Å²) in [6.07, 6.45) is 0. The second-order valence-corrected chi connectivity index (χ2v) is 8.67. The fourth-order valence-corrected chi connectivity index (χ4v) is 4.74. The van der Waals surface area contributed by atoms with Gasteiger partial charge in [0.2, 0.25) is 0 Å². The van der Waals surface area contributed by atoms with Gasteiger partial charge in [-0.05, 0) is 24.6 Å². The van der Waals surface area contributed by atoms with E-state index in [9.17, 15) is 14.9 Å². The van der Waals surface area contributed by atoms with Crippen LogP contribution in [0.4, 0.5) is 10.8 Å². The molecule has 1 fully saturated rings.